The zero-order valence-corrected chi connectivity index (χ0v) is 12.5. The van der Waals surface area contributed by atoms with Gasteiger partial charge in [-0.1, -0.05) is 18.2 Å². The Morgan fingerprint density at radius 2 is 1.95 bits per heavy atom. The number of nitrogens with zero attached hydrogens (tertiary/aromatic N) is 2. The molecule has 0 bridgehead atoms. The molecule has 112 valence electrons. The Morgan fingerprint density at radius 1 is 1.18 bits per heavy atom. The Balaban J connectivity index is 1.80. The number of aryl methyl sites for hydroxylation is 1. The molecular formula is C17H17N3O2. The Bertz CT molecular complexity index is 774. The summed E-state index contributed by atoms with van der Waals surface area (Å²) in [4.78, 5) is 11.9. The molecule has 0 radical (unpaired) electrons. The maximum Gasteiger partial charge on any atom is 0.287 e. The van der Waals surface area contributed by atoms with Crippen molar-refractivity contribution >= 4 is 5.91 Å². The van der Waals surface area contributed by atoms with Crippen molar-refractivity contribution in [2.75, 3.05) is 0 Å². The highest BCUT2D eigenvalue weighted by Gasteiger charge is 2.14. The molecule has 0 saturated heterocycles. The van der Waals surface area contributed by atoms with Crippen molar-refractivity contribution in [1.82, 2.24) is 15.1 Å². The van der Waals surface area contributed by atoms with Crippen molar-refractivity contribution in [3.63, 3.8) is 0 Å². The van der Waals surface area contributed by atoms with Crippen LogP contribution >= 0.6 is 0 Å². The number of benzene rings is 1. The van der Waals surface area contributed by atoms with Crippen LogP contribution in [-0.4, -0.2) is 15.7 Å². The molecule has 0 aliphatic heterocycles. The standard InChI is InChI=1S/C17H17N3O2/c1-12-15(11-18-17(21)16-9-6-10-22-16)13(2)20(19-12)14-7-4-3-5-8-14/h3-10H,11H2,1-2H3,(H,18,21). The number of furan rings is 1. The van der Waals surface area contributed by atoms with Crippen LogP contribution in [0.1, 0.15) is 27.5 Å². The molecule has 5 nitrogen and oxygen atoms in total. The zero-order valence-electron chi connectivity index (χ0n) is 12.5. The first-order valence-corrected chi connectivity index (χ1v) is 7.09. The van der Waals surface area contributed by atoms with E-state index in [0.717, 1.165) is 22.6 Å². The van der Waals surface area contributed by atoms with Crippen LogP contribution in [0.2, 0.25) is 0 Å². The van der Waals surface area contributed by atoms with E-state index in [2.05, 4.69) is 10.4 Å². The van der Waals surface area contributed by atoms with E-state index in [9.17, 15) is 4.79 Å². The fourth-order valence-corrected chi connectivity index (χ4v) is 2.41. The number of amides is 1. The maximum absolute atomic E-state index is 11.9. The van der Waals surface area contributed by atoms with Crippen molar-refractivity contribution < 1.29 is 9.21 Å². The molecule has 0 aliphatic carbocycles. The Labute approximate surface area is 128 Å². The number of hydrogen-bond acceptors (Lipinski definition) is 3. The molecule has 0 fully saturated rings. The molecule has 0 spiro atoms. The van der Waals surface area contributed by atoms with Crippen molar-refractivity contribution in [3.05, 3.63) is 71.4 Å². The molecule has 3 aromatic rings. The third kappa shape index (κ3) is 2.65. The summed E-state index contributed by atoms with van der Waals surface area (Å²) in [5.41, 5.74) is 3.94. The summed E-state index contributed by atoms with van der Waals surface area (Å²) in [6.07, 6.45) is 1.48. The van der Waals surface area contributed by atoms with Crippen molar-refractivity contribution in [1.29, 1.82) is 0 Å². The van der Waals surface area contributed by atoms with Crippen molar-refractivity contribution in [2.45, 2.75) is 20.4 Å². The van der Waals surface area contributed by atoms with Crippen LogP contribution in [0, 0.1) is 13.8 Å². The average Bonchev–Trinajstić information content (AvgIpc) is 3.15. The minimum absolute atomic E-state index is 0.226. The fourth-order valence-electron chi connectivity index (χ4n) is 2.41. The third-order valence-corrected chi connectivity index (χ3v) is 3.61. The van der Waals surface area contributed by atoms with Gasteiger partial charge < -0.3 is 9.73 Å². The average molecular weight is 295 g/mol. The van der Waals surface area contributed by atoms with E-state index in [-0.39, 0.29) is 5.91 Å². The number of carbonyl (C=O) groups excluding carboxylic acids is 1. The van der Waals surface area contributed by atoms with Gasteiger partial charge in [0.25, 0.3) is 5.91 Å². The van der Waals surface area contributed by atoms with Crippen LogP contribution in [0.15, 0.2) is 53.1 Å². The summed E-state index contributed by atoms with van der Waals surface area (Å²) in [5.74, 6) is 0.0852. The highest BCUT2D eigenvalue weighted by atomic mass is 16.3. The molecule has 0 unspecified atom stereocenters. The summed E-state index contributed by atoms with van der Waals surface area (Å²) in [6.45, 7) is 4.37. The van der Waals surface area contributed by atoms with Crippen molar-refractivity contribution in [3.8, 4) is 5.69 Å². The second-order valence-electron chi connectivity index (χ2n) is 5.06. The van der Waals surface area contributed by atoms with E-state index in [1.165, 1.54) is 6.26 Å². The topological polar surface area (TPSA) is 60.1 Å². The first-order valence-electron chi connectivity index (χ1n) is 7.09. The predicted octanol–water partition coefficient (Wildman–Crippen LogP) is 3.01. The number of rotatable bonds is 4. The lowest BCUT2D eigenvalue weighted by Gasteiger charge is -2.06. The quantitative estimate of drug-likeness (QED) is 0.805. The molecule has 1 amide bonds. The van der Waals surface area contributed by atoms with Gasteiger partial charge in [-0.2, -0.15) is 5.10 Å². The fraction of sp³-hybridized carbons (Fsp3) is 0.176. The summed E-state index contributed by atoms with van der Waals surface area (Å²) < 4.78 is 6.98. The molecule has 2 heterocycles. The first-order chi connectivity index (χ1) is 10.7. The van der Waals surface area contributed by atoms with Crippen LogP contribution in [0.4, 0.5) is 0 Å². The van der Waals surface area contributed by atoms with Gasteiger partial charge in [-0.25, -0.2) is 4.68 Å². The third-order valence-electron chi connectivity index (χ3n) is 3.61. The maximum atomic E-state index is 11.9. The molecule has 3 rings (SSSR count). The van der Waals surface area contributed by atoms with Gasteiger partial charge >= 0.3 is 0 Å². The molecular weight excluding hydrogens is 278 g/mol. The van der Waals surface area contributed by atoms with E-state index >= 15 is 0 Å². The number of hydrogen-bond donors (Lipinski definition) is 1. The lowest BCUT2D eigenvalue weighted by molar-refractivity contribution is 0.0923. The van der Waals surface area contributed by atoms with Crippen molar-refractivity contribution in [2.24, 2.45) is 0 Å². The van der Waals surface area contributed by atoms with Crippen LogP contribution < -0.4 is 5.32 Å². The largest absolute Gasteiger partial charge is 0.459 e. The highest BCUT2D eigenvalue weighted by Crippen LogP contribution is 2.17. The molecule has 22 heavy (non-hydrogen) atoms. The van der Waals surface area contributed by atoms with Crippen LogP contribution in [0.3, 0.4) is 0 Å². The first kappa shape index (κ1) is 14.1. The van der Waals surface area contributed by atoms with Gasteiger partial charge in [0.2, 0.25) is 0 Å². The van der Waals surface area contributed by atoms with Crippen LogP contribution in [0.5, 0.6) is 0 Å². The van der Waals surface area contributed by atoms with Gasteiger partial charge in [0.05, 0.1) is 17.6 Å². The van der Waals surface area contributed by atoms with Gasteiger partial charge in [-0.05, 0) is 38.1 Å². The summed E-state index contributed by atoms with van der Waals surface area (Å²) in [7, 11) is 0. The highest BCUT2D eigenvalue weighted by molar-refractivity contribution is 5.91. The molecule has 0 saturated carbocycles. The normalized spacial score (nSPS) is 10.6. The smallest absolute Gasteiger partial charge is 0.287 e. The summed E-state index contributed by atoms with van der Waals surface area (Å²) in [5, 5.41) is 7.42. The van der Waals surface area contributed by atoms with E-state index in [1.807, 2.05) is 48.9 Å². The summed E-state index contributed by atoms with van der Waals surface area (Å²) in [6, 6.07) is 13.3. The van der Waals surface area contributed by atoms with E-state index in [0.29, 0.717) is 12.3 Å². The van der Waals surface area contributed by atoms with Gasteiger partial charge in [0, 0.05) is 17.8 Å². The SMILES string of the molecule is Cc1nn(-c2ccccc2)c(C)c1CNC(=O)c1ccco1. The lowest BCUT2D eigenvalue weighted by atomic mass is 10.2. The molecule has 1 N–H and O–H groups in total. The number of carbonyl (C=O) groups is 1. The molecule has 5 heteroatoms. The van der Waals surface area contributed by atoms with E-state index in [1.54, 1.807) is 12.1 Å². The lowest BCUT2D eigenvalue weighted by Crippen LogP contribution is -2.22. The number of nitrogens with one attached hydrogen (secondary N) is 1. The Morgan fingerprint density at radius 3 is 2.64 bits per heavy atom. The summed E-state index contributed by atoms with van der Waals surface area (Å²) >= 11 is 0. The van der Waals surface area contributed by atoms with Gasteiger partial charge in [-0.3, -0.25) is 4.79 Å². The molecule has 2 aromatic heterocycles. The minimum Gasteiger partial charge on any atom is -0.459 e. The van der Waals surface area contributed by atoms with E-state index < -0.39 is 0 Å². The monoisotopic (exact) mass is 295 g/mol. The Hall–Kier alpha value is -2.82. The van der Waals surface area contributed by atoms with Crippen LogP contribution in [0.25, 0.3) is 5.69 Å². The minimum atomic E-state index is -0.226. The molecule has 0 atom stereocenters. The molecule has 1 aromatic carbocycles. The Kier molecular flexibility index (Phi) is 3.78. The second-order valence-corrected chi connectivity index (χ2v) is 5.06. The number of aromatic nitrogens is 2. The number of para-hydroxylation sites is 1. The zero-order chi connectivity index (χ0) is 15.5. The molecule has 0 aliphatic rings. The predicted molar refractivity (Wildman–Crippen MR) is 82.9 cm³/mol. The second kappa shape index (κ2) is 5.89. The van der Waals surface area contributed by atoms with Gasteiger partial charge in [0.1, 0.15) is 0 Å². The van der Waals surface area contributed by atoms with Crippen LogP contribution in [-0.2, 0) is 6.54 Å². The van der Waals surface area contributed by atoms with Gasteiger partial charge in [0.15, 0.2) is 5.76 Å². The van der Waals surface area contributed by atoms with E-state index in [4.69, 9.17) is 4.42 Å². The van der Waals surface area contributed by atoms with Gasteiger partial charge in [-0.15, -0.1) is 0 Å².